The Balaban J connectivity index is 1.73. The van der Waals surface area contributed by atoms with Crippen LogP contribution >= 0.6 is 0 Å². The first-order valence-electron chi connectivity index (χ1n) is 6.22. The van der Waals surface area contributed by atoms with E-state index in [4.69, 9.17) is 0 Å². The Morgan fingerprint density at radius 1 is 1.25 bits per heavy atom. The molecule has 2 aromatic rings. The molecule has 0 fully saturated rings. The van der Waals surface area contributed by atoms with E-state index >= 15 is 0 Å². The van der Waals surface area contributed by atoms with E-state index in [-0.39, 0.29) is 11.6 Å². The molecule has 0 unspecified atom stereocenters. The summed E-state index contributed by atoms with van der Waals surface area (Å²) in [6, 6.07) is 0. The minimum absolute atomic E-state index is 0.0433. The molecule has 1 aliphatic rings. The summed E-state index contributed by atoms with van der Waals surface area (Å²) in [5, 5.41) is 8.78. The Morgan fingerprint density at radius 2 is 2.00 bits per heavy atom. The van der Waals surface area contributed by atoms with Gasteiger partial charge in [0, 0.05) is 11.3 Å². The van der Waals surface area contributed by atoms with Crippen LogP contribution in [0, 0.1) is 5.82 Å². The highest BCUT2D eigenvalue weighted by Crippen LogP contribution is 2.34. The maximum atomic E-state index is 14.1. The zero-order chi connectivity index (χ0) is 14.2. The number of fused-ring (bicyclic) bond motifs is 1. The number of nitrogens with zero attached hydrogens (tertiary/aromatic N) is 3. The molecule has 3 rings (SSSR count). The maximum Gasteiger partial charge on any atom is 0.308 e. The van der Waals surface area contributed by atoms with Gasteiger partial charge in [-0.05, 0) is 19.3 Å². The molecule has 106 valence electrons. The second kappa shape index (κ2) is 4.77. The van der Waals surface area contributed by atoms with E-state index in [0.717, 1.165) is 30.9 Å². The first kappa shape index (κ1) is 12.9. The van der Waals surface area contributed by atoms with E-state index in [1.807, 2.05) is 0 Å². The van der Waals surface area contributed by atoms with Gasteiger partial charge in [0.1, 0.15) is 5.69 Å². The number of aryl methyl sites for hydroxylation is 1. The van der Waals surface area contributed by atoms with Crippen LogP contribution in [-0.4, -0.2) is 26.7 Å². The van der Waals surface area contributed by atoms with Crippen molar-refractivity contribution in [3.8, 4) is 0 Å². The quantitative estimate of drug-likeness (QED) is 0.901. The molecule has 0 spiro atoms. The highest BCUT2D eigenvalue weighted by molar-refractivity contribution is 5.34. The summed E-state index contributed by atoms with van der Waals surface area (Å²) in [5.74, 6) is -3.79. The number of aromatic amines is 1. The van der Waals surface area contributed by atoms with Crippen LogP contribution in [0.3, 0.4) is 0 Å². The summed E-state index contributed by atoms with van der Waals surface area (Å²) in [4.78, 5) is 7.15. The lowest BCUT2D eigenvalue weighted by Gasteiger charge is -2.16. The van der Waals surface area contributed by atoms with Crippen LogP contribution in [0.15, 0.2) is 12.4 Å². The molecule has 20 heavy (non-hydrogen) atoms. The summed E-state index contributed by atoms with van der Waals surface area (Å²) in [5.41, 5.74) is 1.18. The smallest absolute Gasteiger partial charge is 0.308 e. The number of halogens is 3. The normalized spacial score (nSPS) is 14.3. The van der Waals surface area contributed by atoms with Crippen LogP contribution < -0.4 is 5.32 Å². The third kappa shape index (κ3) is 2.33. The average molecular weight is 283 g/mol. The van der Waals surface area contributed by atoms with Crippen LogP contribution in [0.25, 0.3) is 0 Å². The molecule has 0 radical (unpaired) electrons. The number of H-pyrrole nitrogens is 1. The van der Waals surface area contributed by atoms with Gasteiger partial charge in [0.05, 0.1) is 18.9 Å². The van der Waals surface area contributed by atoms with Crippen molar-refractivity contribution in [2.24, 2.45) is 0 Å². The van der Waals surface area contributed by atoms with E-state index < -0.39 is 18.3 Å². The van der Waals surface area contributed by atoms with Crippen molar-refractivity contribution in [3.05, 3.63) is 35.2 Å². The van der Waals surface area contributed by atoms with Crippen molar-refractivity contribution in [2.75, 3.05) is 11.9 Å². The van der Waals surface area contributed by atoms with Gasteiger partial charge in [-0.3, -0.25) is 5.10 Å². The van der Waals surface area contributed by atoms with Crippen molar-refractivity contribution in [3.63, 3.8) is 0 Å². The minimum Gasteiger partial charge on any atom is -0.348 e. The van der Waals surface area contributed by atoms with E-state index in [0.29, 0.717) is 12.0 Å². The van der Waals surface area contributed by atoms with Crippen molar-refractivity contribution in [2.45, 2.75) is 25.2 Å². The first-order chi connectivity index (χ1) is 9.56. The van der Waals surface area contributed by atoms with Gasteiger partial charge in [-0.15, -0.1) is 0 Å². The molecule has 0 bridgehead atoms. The van der Waals surface area contributed by atoms with Gasteiger partial charge >= 0.3 is 5.92 Å². The van der Waals surface area contributed by atoms with Crippen LogP contribution in [0.2, 0.25) is 0 Å². The predicted octanol–water partition coefficient (Wildman–Crippen LogP) is 2.03. The van der Waals surface area contributed by atoms with Gasteiger partial charge in [0.15, 0.2) is 5.82 Å². The molecular weight excluding hydrogens is 271 g/mol. The summed E-state index contributed by atoms with van der Waals surface area (Å²) >= 11 is 0. The SMILES string of the molecule is Fc1cnc(NCC(F)(F)c2n[nH]c3c2CCC3)nc1. The summed E-state index contributed by atoms with van der Waals surface area (Å²) < 4.78 is 40.9. The number of hydrogen-bond donors (Lipinski definition) is 2. The van der Waals surface area contributed by atoms with Crippen LogP contribution in [0.4, 0.5) is 19.1 Å². The summed E-state index contributed by atoms with van der Waals surface area (Å²) in [7, 11) is 0. The highest BCUT2D eigenvalue weighted by atomic mass is 19.3. The number of anilines is 1. The van der Waals surface area contributed by atoms with Crippen molar-refractivity contribution in [1.82, 2.24) is 20.2 Å². The average Bonchev–Trinajstić information content (AvgIpc) is 3.00. The Hall–Kier alpha value is -2.12. The van der Waals surface area contributed by atoms with Crippen molar-refractivity contribution < 1.29 is 13.2 Å². The fraction of sp³-hybridized carbons (Fsp3) is 0.417. The molecule has 8 heteroatoms. The molecule has 0 aliphatic heterocycles. The van der Waals surface area contributed by atoms with E-state index in [1.165, 1.54) is 0 Å². The van der Waals surface area contributed by atoms with Gasteiger partial charge in [-0.2, -0.15) is 13.9 Å². The Kier molecular flexibility index (Phi) is 3.07. The minimum atomic E-state index is -3.13. The van der Waals surface area contributed by atoms with Gasteiger partial charge < -0.3 is 5.32 Å². The standard InChI is InChI=1S/C12H12F3N5/c13-7-4-16-11(17-5-7)18-6-12(14,15)10-8-2-1-3-9(8)19-20-10/h4-5H,1-3,6H2,(H,19,20)(H,16,17,18). The number of aromatic nitrogens is 4. The Labute approximate surface area is 112 Å². The van der Waals surface area contributed by atoms with Gasteiger partial charge in [-0.1, -0.05) is 0 Å². The second-order valence-electron chi connectivity index (χ2n) is 4.67. The van der Waals surface area contributed by atoms with E-state index in [9.17, 15) is 13.2 Å². The zero-order valence-electron chi connectivity index (χ0n) is 10.5. The lowest BCUT2D eigenvalue weighted by atomic mass is 10.1. The highest BCUT2D eigenvalue weighted by Gasteiger charge is 2.38. The molecule has 0 saturated heterocycles. The number of hydrogen-bond acceptors (Lipinski definition) is 4. The molecule has 0 aromatic carbocycles. The molecule has 1 aliphatic carbocycles. The van der Waals surface area contributed by atoms with E-state index in [1.54, 1.807) is 0 Å². The second-order valence-corrected chi connectivity index (χ2v) is 4.67. The molecular formula is C12H12F3N5. The van der Waals surface area contributed by atoms with Gasteiger partial charge in [0.25, 0.3) is 0 Å². The fourth-order valence-electron chi connectivity index (χ4n) is 2.30. The van der Waals surface area contributed by atoms with Crippen molar-refractivity contribution >= 4 is 5.95 Å². The first-order valence-corrected chi connectivity index (χ1v) is 6.22. The fourth-order valence-corrected chi connectivity index (χ4v) is 2.30. The zero-order valence-corrected chi connectivity index (χ0v) is 10.5. The Morgan fingerprint density at radius 3 is 2.75 bits per heavy atom. The molecule has 2 aromatic heterocycles. The molecule has 0 saturated carbocycles. The summed E-state index contributed by atoms with van der Waals surface area (Å²) in [6.07, 6.45) is 4.07. The third-order valence-electron chi connectivity index (χ3n) is 3.24. The molecule has 5 nitrogen and oxygen atoms in total. The largest absolute Gasteiger partial charge is 0.348 e. The molecule has 2 heterocycles. The molecule has 2 N–H and O–H groups in total. The van der Waals surface area contributed by atoms with Crippen LogP contribution in [0.5, 0.6) is 0 Å². The van der Waals surface area contributed by atoms with Crippen LogP contribution in [0.1, 0.15) is 23.4 Å². The lowest BCUT2D eigenvalue weighted by Crippen LogP contribution is -2.27. The topological polar surface area (TPSA) is 66.5 Å². The van der Waals surface area contributed by atoms with Crippen LogP contribution in [-0.2, 0) is 18.8 Å². The lowest BCUT2D eigenvalue weighted by molar-refractivity contribution is 0.00494. The van der Waals surface area contributed by atoms with Gasteiger partial charge in [-0.25, -0.2) is 14.4 Å². The predicted molar refractivity (Wildman–Crippen MR) is 65.0 cm³/mol. The number of nitrogens with one attached hydrogen (secondary N) is 2. The number of rotatable bonds is 4. The van der Waals surface area contributed by atoms with Gasteiger partial charge in [0.2, 0.25) is 5.95 Å². The number of alkyl halides is 2. The molecule has 0 amide bonds. The summed E-state index contributed by atoms with van der Waals surface area (Å²) in [6.45, 7) is -0.685. The third-order valence-corrected chi connectivity index (χ3v) is 3.24. The monoisotopic (exact) mass is 283 g/mol. The van der Waals surface area contributed by atoms with Crippen molar-refractivity contribution in [1.29, 1.82) is 0 Å². The maximum absolute atomic E-state index is 14.1. The molecule has 0 atom stereocenters. The van der Waals surface area contributed by atoms with E-state index in [2.05, 4.69) is 25.5 Å². The Bertz CT molecular complexity index is 608.